The first-order chi connectivity index (χ1) is 15.4. The van der Waals surface area contributed by atoms with E-state index in [2.05, 4.69) is 15.4 Å². The highest BCUT2D eigenvalue weighted by Gasteiger charge is 2.23. The van der Waals surface area contributed by atoms with Gasteiger partial charge in [-0.1, -0.05) is 11.6 Å². The Morgan fingerprint density at radius 3 is 2.69 bits per heavy atom. The lowest BCUT2D eigenvalue weighted by Crippen LogP contribution is -2.40. The van der Waals surface area contributed by atoms with E-state index in [1.165, 1.54) is 24.4 Å². The summed E-state index contributed by atoms with van der Waals surface area (Å²) in [6.07, 6.45) is 1.87. The molecule has 4 rings (SSSR count). The molecule has 32 heavy (non-hydrogen) atoms. The number of fused-ring (bicyclic) bond motifs is 1. The van der Waals surface area contributed by atoms with Crippen molar-refractivity contribution in [2.45, 2.75) is 6.92 Å². The van der Waals surface area contributed by atoms with Crippen LogP contribution in [0.3, 0.4) is 0 Å². The number of aryl methyl sites for hydroxylation is 2. The van der Waals surface area contributed by atoms with Gasteiger partial charge in [0, 0.05) is 25.5 Å². The van der Waals surface area contributed by atoms with Crippen LogP contribution in [0.2, 0.25) is 5.02 Å². The van der Waals surface area contributed by atoms with Gasteiger partial charge in [-0.15, -0.1) is 0 Å². The molecule has 2 aromatic heterocycles. The van der Waals surface area contributed by atoms with E-state index in [1.807, 2.05) is 6.92 Å². The van der Waals surface area contributed by atoms with E-state index < -0.39 is 6.03 Å². The number of imide groups is 1. The summed E-state index contributed by atoms with van der Waals surface area (Å²) in [5.74, 6) is -0.224. The molecule has 4 amide bonds. The van der Waals surface area contributed by atoms with Gasteiger partial charge in [0.15, 0.2) is 5.65 Å². The number of nitrogens with one attached hydrogen (secondary N) is 1. The Morgan fingerprint density at radius 1 is 1.25 bits per heavy atom. The number of rotatable bonds is 4. The highest BCUT2D eigenvalue weighted by Crippen LogP contribution is 2.26. The minimum Gasteiger partial charge on any atom is -0.378 e. The largest absolute Gasteiger partial charge is 0.378 e. The van der Waals surface area contributed by atoms with Crippen LogP contribution >= 0.6 is 11.6 Å². The number of nitrogens with zero attached hydrogens (tertiary/aromatic N) is 5. The minimum atomic E-state index is -0.689. The fourth-order valence-electron chi connectivity index (χ4n) is 3.55. The predicted octanol–water partition coefficient (Wildman–Crippen LogP) is 2.60. The second-order valence-corrected chi connectivity index (χ2v) is 7.69. The summed E-state index contributed by atoms with van der Waals surface area (Å²) < 4.78 is 6.91. The number of anilines is 2. The van der Waals surface area contributed by atoms with Gasteiger partial charge in [0.1, 0.15) is 0 Å². The zero-order valence-electron chi connectivity index (χ0n) is 17.5. The van der Waals surface area contributed by atoms with Gasteiger partial charge >= 0.3 is 6.03 Å². The first-order valence-electron chi connectivity index (χ1n) is 9.90. The van der Waals surface area contributed by atoms with Crippen LogP contribution in [0.4, 0.5) is 16.2 Å². The fraction of sp³-hybridized carbons (Fsp3) is 0.286. The molecule has 0 atom stereocenters. The molecule has 0 aliphatic carbocycles. The summed E-state index contributed by atoms with van der Waals surface area (Å²) in [5, 5.41) is 7.88. The number of urea groups is 1. The van der Waals surface area contributed by atoms with Crippen molar-refractivity contribution >= 4 is 52.4 Å². The number of hydrogen-bond donors (Lipinski definition) is 1. The van der Waals surface area contributed by atoms with Crippen LogP contribution in [0.5, 0.6) is 0 Å². The molecular formula is C21H21ClN6O4. The average Bonchev–Trinajstić information content (AvgIpc) is 3.07. The van der Waals surface area contributed by atoms with E-state index in [9.17, 15) is 14.4 Å². The summed E-state index contributed by atoms with van der Waals surface area (Å²) in [6.45, 7) is 3.75. The van der Waals surface area contributed by atoms with E-state index in [0.29, 0.717) is 49.6 Å². The number of hydrogen-bond acceptors (Lipinski definition) is 6. The van der Waals surface area contributed by atoms with Crippen molar-refractivity contribution in [3.8, 4) is 0 Å². The molecule has 0 spiro atoms. The molecular weight excluding hydrogens is 436 g/mol. The highest BCUT2D eigenvalue weighted by molar-refractivity contribution is 6.34. The van der Waals surface area contributed by atoms with Gasteiger partial charge in [-0.2, -0.15) is 5.10 Å². The van der Waals surface area contributed by atoms with Crippen molar-refractivity contribution in [2.24, 2.45) is 7.05 Å². The van der Waals surface area contributed by atoms with Crippen molar-refractivity contribution in [3.05, 3.63) is 46.7 Å². The van der Waals surface area contributed by atoms with Crippen molar-refractivity contribution in [2.75, 3.05) is 36.5 Å². The van der Waals surface area contributed by atoms with Crippen LogP contribution in [0, 0.1) is 6.92 Å². The topological polar surface area (TPSA) is 110 Å². The van der Waals surface area contributed by atoms with E-state index in [4.69, 9.17) is 16.3 Å². The second-order valence-electron chi connectivity index (χ2n) is 7.28. The van der Waals surface area contributed by atoms with Crippen molar-refractivity contribution in [3.63, 3.8) is 0 Å². The van der Waals surface area contributed by atoms with Gasteiger partial charge in [0.25, 0.3) is 5.91 Å². The summed E-state index contributed by atoms with van der Waals surface area (Å²) in [4.78, 5) is 44.0. The lowest BCUT2D eigenvalue weighted by molar-refractivity contribution is -0.106. The van der Waals surface area contributed by atoms with Crippen LogP contribution in [0.25, 0.3) is 11.0 Å². The summed E-state index contributed by atoms with van der Waals surface area (Å²) in [5.41, 5.74) is 2.39. The number of halogens is 1. The number of pyridine rings is 1. The summed E-state index contributed by atoms with van der Waals surface area (Å²) in [6, 6.07) is 5.47. The third-order valence-corrected chi connectivity index (χ3v) is 5.51. The molecule has 1 aliphatic rings. The number of aromatic nitrogens is 3. The zero-order valence-corrected chi connectivity index (χ0v) is 18.3. The standard InChI is InChI=1S/C21H21ClN6O4/c1-13-17-9-14(11-23-19(17)26(2)25-13)24-21(31)28(12-29)15-3-4-16(18(22)10-15)20(30)27-5-7-32-8-6-27/h3-4,9-12H,5-8H2,1-2H3,(H,24,31). The number of ether oxygens (including phenoxy) is 1. The van der Waals surface area contributed by atoms with Crippen molar-refractivity contribution < 1.29 is 19.1 Å². The van der Waals surface area contributed by atoms with Crippen molar-refractivity contribution in [1.82, 2.24) is 19.7 Å². The third kappa shape index (κ3) is 4.14. The first-order valence-corrected chi connectivity index (χ1v) is 10.3. The van der Waals surface area contributed by atoms with Gasteiger partial charge in [0.2, 0.25) is 6.41 Å². The molecule has 1 saturated heterocycles. The molecule has 11 heteroatoms. The number of morpholine rings is 1. The Bertz CT molecular complexity index is 1200. The third-order valence-electron chi connectivity index (χ3n) is 5.20. The maximum Gasteiger partial charge on any atom is 0.333 e. The molecule has 3 heterocycles. The second kappa shape index (κ2) is 8.93. The predicted molar refractivity (Wildman–Crippen MR) is 119 cm³/mol. The maximum atomic E-state index is 12.8. The van der Waals surface area contributed by atoms with E-state index >= 15 is 0 Å². The molecule has 1 N–H and O–H groups in total. The lowest BCUT2D eigenvalue weighted by Gasteiger charge is -2.27. The summed E-state index contributed by atoms with van der Waals surface area (Å²) >= 11 is 6.32. The highest BCUT2D eigenvalue weighted by atomic mass is 35.5. The van der Waals surface area contributed by atoms with E-state index in [1.54, 1.807) is 22.7 Å². The Morgan fingerprint density at radius 2 is 2.00 bits per heavy atom. The van der Waals surface area contributed by atoms with Gasteiger partial charge in [-0.25, -0.2) is 14.7 Å². The molecule has 10 nitrogen and oxygen atoms in total. The normalized spacial score (nSPS) is 13.8. The molecule has 0 bridgehead atoms. The van der Waals surface area contributed by atoms with Crippen LogP contribution in [0.15, 0.2) is 30.5 Å². The van der Waals surface area contributed by atoms with E-state index in [0.717, 1.165) is 16.0 Å². The van der Waals surface area contributed by atoms with Crippen LogP contribution in [-0.2, 0) is 16.6 Å². The Labute approximate surface area is 188 Å². The number of benzene rings is 1. The first kappa shape index (κ1) is 21.7. The number of amides is 4. The lowest BCUT2D eigenvalue weighted by atomic mass is 10.1. The number of carbonyl (C=O) groups excluding carboxylic acids is 3. The zero-order chi connectivity index (χ0) is 22.8. The molecule has 1 fully saturated rings. The fourth-order valence-corrected chi connectivity index (χ4v) is 3.81. The average molecular weight is 457 g/mol. The molecule has 1 aromatic carbocycles. The molecule has 0 unspecified atom stereocenters. The van der Waals surface area contributed by atoms with Gasteiger partial charge in [-0.05, 0) is 31.2 Å². The van der Waals surface area contributed by atoms with Crippen LogP contribution in [-0.4, -0.2) is 64.3 Å². The van der Waals surface area contributed by atoms with Gasteiger partial charge in [-0.3, -0.25) is 14.3 Å². The Kier molecular flexibility index (Phi) is 6.06. The number of carbonyl (C=O) groups is 3. The molecule has 166 valence electrons. The smallest absolute Gasteiger partial charge is 0.333 e. The van der Waals surface area contributed by atoms with Gasteiger partial charge < -0.3 is 15.0 Å². The maximum absolute atomic E-state index is 12.8. The SMILES string of the molecule is Cc1nn(C)c2ncc(NC(=O)N(C=O)c3ccc(C(=O)N4CCOCC4)c(Cl)c3)cc12. The van der Waals surface area contributed by atoms with Crippen molar-refractivity contribution in [1.29, 1.82) is 0 Å². The van der Waals surface area contributed by atoms with Crippen LogP contribution < -0.4 is 10.2 Å². The van der Waals surface area contributed by atoms with Gasteiger partial charge in [0.05, 0.1) is 47.1 Å². The quantitative estimate of drug-likeness (QED) is 0.604. The molecule has 0 radical (unpaired) electrons. The Hall–Kier alpha value is -3.50. The molecule has 3 aromatic rings. The molecule has 0 saturated carbocycles. The molecule has 1 aliphatic heterocycles. The monoisotopic (exact) mass is 456 g/mol. The minimum absolute atomic E-state index is 0.146. The summed E-state index contributed by atoms with van der Waals surface area (Å²) in [7, 11) is 1.78. The van der Waals surface area contributed by atoms with Crippen LogP contribution in [0.1, 0.15) is 16.1 Å². The van der Waals surface area contributed by atoms with E-state index in [-0.39, 0.29) is 16.6 Å². The Balaban J connectivity index is 1.53.